The largest absolute Gasteiger partial charge is 0.337 e. The molecule has 0 fully saturated rings. The number of rotatable bonds is 0. The second kappa shape index (κ2) is 2.79. The van der Waals surface area contributed by atoms with Crippen LogP contribution in [0.1, 0.15) is 5.56 Å². The highest BCUT2D eigenvalue weighted by Crippen LogP contribution is 2.24. The van der Waals surface area contributed by atoms with Crippen LogP contribution >= 0.6 is 0 Å². The Kier molecular flexibility index (Phi) is 1.42. The van der Waals surface area contributed by atoms with E-state index in [0.29, 0.717) is 5.78 Å². The van der Waals surface area contributed by atoms with Crippen LogP contribution in [0.4, 0.5) is 0 Å². The van der Waals surface area contributed by atoms with Crippen molar-refractivity contribution < 1.29 is 0 Å². The third kappa shape index (κ3) is 1.04. The van der Waals surface area contributed by atoms with Crippen molar-refractivity contribution in [3.8, 4) is 0 Å². The van der Waals surface area contributed by atoms with E-state index >= 15 is 0 Å². The lowest BCUT2D eigenvalue weighted by molar-refractivity contribution is 0.937. The van der Waals surface area contributed by atoms with E-state index in [1.165, 1.54) is 5.56 Å². The van der Waals surface area contributed by atoms with Crippen molar-refractivity contribution in [2.75, 3.05) is 0 Å². The predicted molar refractivity (Wildman–Crippen MR) is 62.7 cm³/mol. The lowest BCUT2D eigenvalue weighted by Gasteiger charge is -1.93. The Morgan fingerprint density at radius 2 is 2.24 bits per heavy atom. The Labute approximate surface area is 95.3 Å². The summed E-state index contributed by atoms with van der Waals surface area (Å²) >= 11 is 0. The van der Waals surface area contributed by atoms with E-state index in [2.05, 4.69) is 38.3 Å². The van der Waals surface area contributed by atoms with E-state index in [9.17, 15) is 0 Å². The molecule has 4 rings (SSSR count). The van der Waals surface area contributed by atoms with E-state index in [1.54, 1.807) is 10.8 Å². The first-order valence-corrected chi connectivity index (χ1v) is 5.28. The molecular weight excluding hydrogens is 216 g/mol. The summed E-state index contributed by atoms with van der Waals surface area (Å²) in [4.78, 5) is 7.66. The van der Waals surface area contributed by atoms with Gasteiger partial charge in [0.1, 0.15) is 11.8 Å². The van der Waals surface area contributed by atoms with E-state index in [4.69, 9.17) is 0 Å². The molecule has 1 aromatic carbocycles. The molecule has 0 aliphatic rings. The number of aromatic nitrogens is 6. The van der Waals surface area contributed by atoms with Crippen molar-refractivity contribution >= 4 is 27.8 Å². The van der Waals surface area contributed by atoms with Crippen LogP contribution in [0.2, 0.25) is 0 Å². The molecular formula is C11H8N6. The van der Waals surface area contributed by atoms with Crippen molar-refractivity contribution in [2.24, 2.45) is 0 Å². The number of aryl methyl sites for hydroxylation is 1. The first-order valence-electron chi connectivity index (χ1n) is 5.28. The maximum absolute atomic E-state index is 4.46. The van der Waals surface area contributed by atoms with Gasteiger partial charge in [-0.05, 0) is 12.5 Å². The summed E-state index contributed by atoms with van der Waals surface area (Å²) in [5.41, 5.74) is 3.84. The minimum absolute atomic E-state index is 0.502. The number of fused-ring (bicyclic) bond motifs is 4. The number of hydrogen-bond acceptors (Lipinski definition) is 4. The molecule has 4 aromatic rings. The molecule has 0 saturated carbocycles. The standard InChI is InChI=1S/C11H8N6/c1-6-3-2-4-7-8(6)13-10-9(7)16-17-5-12-15-11(17)14-10/h2-5H,1H3,(H,13,14,15). The van der Waals surface area contributed by atoms with Gasteiger partial charge in [-0.3, -0.25) is 0 Å². The third-order valence-electron chi connectivity index (χ3n) is 2.93. The van der Waals surface area contributed by atoms with Gasteiger partial charge in [0, 0.05) is 5.39 Å². The molecule has 0 atom stereocenters. The van der Waals surface area contributed by atoms with E-state index in [0.717, 1.165) is 22.1 Å². The molecule has 6 heteroatoms. The number of nitrogens with zero attached hydrogens (tertiary/aromatic N) is 5. The maximum Gasteiger partial charge on any atom is 0.273 e. The van der Waals surface area contributed by atoms with Gasteiger partial charge in [-0.2, -0.15) is 14.6 Å². The molecule has 17 heavy (non-hydrogen) atoms. The van der Waals surface area contributed by atoms with Crippen molar-refractivity contribution in [3.05, 3.63) is 30.1 Å². The van der Waals surface area contributed by atoms with Crippen LogP contribution in [0.5, 0.6) is 0 Å². The Morgan fingerprint density at radius 3 is 3.18 bits per heavy atom. The minimum Gasteiger partial charge on any atom is -0.337 e. The molecule has 0 radical (unpaired) electrons. The fraction of sp³-hybridized carbons (Fsp3) is 0.0909. The SMILES string of the molecule is Cc1cccc2c1[nH]c1nc3nncn3nc12. The lowest BCUT2D eigenvalue weighted by Crippen LogP contribution is -1.93. The molecule has 82 valence electrons. The van der Waals surface area contributed by atoms with Crippen molar-refractivity contribution in [1.82, 2.24) is 29.8 Å². The van der Waals surface area contributed by atoms with Crippen LogP contribution in [-0.2, 0) is 0 Å². The van der Waals surface area contributed by atoms with Crippen molar-refractivity contribution in [1.29, 1.82) is 0 Å². The average Bonchev–Trinajstić information content (AvgIpc) is 2.90. The second-order valence-electron chi connectivity index (χ2n) is 4.01. The van der Waals surface area contributed by atoms with Crippen LogP contribution in [0.25, 0.3) is 27.8 Å². The highest BCUT2D eigenvalue weighted by molar-refractivity contribution is 6.04. The quantitative estimate of drug-likeness (QED) is 0.491. The zero-order valence-electron chi connectivity index (χ0n) is 9.05. The summed E-state index contributed by atoms with van der Waals surface area (Å²) in [5, 5.41) is 13.2. The van der Waals surface area contributed by atoms with Gasteiger partial charge in [0.05, 0.1) is 5.52 Å². The monoisotopic (exact) mass is 224 g/mol. The lowest BCUT2D eigenvalue weighted by atomic mass is 10.1. The zero-order valence-corrected chi connectivity index (χ0v) is 9.05. The van der Waals surface area contributed by atoms with Gasteiger partial charge in [0.25, 0.3) is 5.78 Å². The summed E-state index contributed by atoms with van der Waals surface area (Å²) in [6.07, 6.45) is 1.55. The van der Waals surface area contributed by atoms with Crippen molar-refractivity contribution in [3.63, 3.8) is 0 Å². The highest BCUT2D eigenvalue weighted by atomic mass is 15.4. The van der Waals surface area contributed by atoms with Gasteiger partial charge in [0.15, 0.2) is 5.65 Å². The number of hydrogen-bond donors (Lipinski definition) is 1. The molecule has 0 bridgehead atoms. The zero-order chi connectivity index (χ0) is 11.4. The van der Waals surface area contributed by atoms with Gasteiger partial charge < -0.3 is 4.98 Å². The Morgan fingerprint density at radius 1 is 1.29 bits per heavy atom. The van der Waals surface area contributed by atoms with Gasteiger partial charge >= 0.3 is 0 Å². The van der Waals surface area contributed by atoms with E-state index < -0.39 is 0 Å². The van der Waals surface area contributed by atoms with Gasteiger partial charge in [0.2, 0.25) is 0 Å². The summed E-state index contributed by atoms with van der Waals surface area (Å²) in [6, 6.07) is 6.11. The molecule has 0 saturated heterocycles. The average molecular weight is 224 g/mol. The van der Waals surface area contributed by atoms with Crippen molar-refractivity contribution in [2.45, 2.75) is 6.92 Å². The summed E-state index contributed by atoms with van der Waals surface area (Å²) < 4.78 is 1.58. The first kappa shape index (κ1) is 8.63. The van der Waals surface area contributed by atoms with Gasteiger partial charge in [-0.1, -0.05) is 18.2 Å². The van der Waals surface area contributed by atoms with Crippen LogP contribution in [0.15, 0.2) is 24.5 Å². The second-order valence-corrected chi connectivity index (χ2v) is 4.01. The number of aromatic amines is 1. The molecule has 3 heterocycles. The highest BCUT2D eigenvalue weighted by Gasteiger charge is 2.10. The van der Waals surface area contributed by atoms with Crippen LogP contribution < -0.4 is 0 Å². The topological polar surface area (TPSA) is 71.8 Å². The molecule has 0 aliphatic heterocycles. The molecule has 0 spiro atoms. The summed E-state index contributed by atoms with van der Waals surface area (Å²) in [5.74, 6) is 0.502. The number of H-pyrrole nitrogens is 1. The van der Waals surface area contributed by atoms with E-state index in [1.807, 2.05) is 12.1 Å². The smallest absolute Gasteiger partial charge is 0.273 e. The summed E-state index contributed by atoms with van der Waals surface area (Å²) in [6.45, 7) is 2.06. The molecule has 6 nitrogen and oxygen atoms in total. The van der Waals surface area contributed by atoms with E-state index in [-0.39, 0.29) is 0 Å². The number of para-hydroxylation sites is 1. The third-order valence-corrected chi connectivity index (χ3v) is 2.93. The Balaban J connectivity index is 2.30. The molecule has 1 N–H and O–H groups in total. The van der Waals surface area contributed by atoms with Gasteiger partial charge in [-0.15, -0.1) is 10.2 Å². The number of benzene rings is 1. The van der Waals surface area contributed by atoms with Crippen LogP contribution in [0, 0.1) is 6.92 Å². The number of nitrogens with one attached hydrogen (secondary N) is 1. The first-order chi connectivity index (χ1) is 8.33. The fourth-order valence-electron chi connectivity index (χ4n) is 2.09. The minimum atomic E-state index is 0.502. The van der Waals surface area contributed by atoms with Gasteiger partial charge in [-0.25, -0.2) is 0 Å². The molecule has 0 unspecified atom stereocenters. The normalized spacial score (nSPS) is 11.8. The summed E-state index contributed by atoms with van der Waals surface area (Å²) in [7, 11) is 0. The molecule has 3 aromatic heterocycles. The predicted octanol–water partition coefficient (Wildman–Crippen LogP) is 1.46. The maximum atomic E-state index is 4.46. The van der Waals surface area contributed by atoms with Crippen LogP contribution in [0.3, 0.4) is 0 Å². The Hall–Kier alpha value is -2.50. The molecule has 0 amide bonds. The van der Waals surface area contributed by atoms with Crippen LogP contribution in [-0.4, -0.2) is 29.8 Å². The Bertz CT molecular complexity index is 856. The molecule has 0 aliphatic carbocycles. The fourth-order valence-corrected chi connectivity index (χ4v) is 2.09.